The minimum Gasteiger partial charge on any atom is -0.481 e. The maximum atomic E-state index is 11.3. The number of carboxylic acid groups (broad SMARTS) is 1. The van der Waals surface area contributed by atoms with Gasteiger partial charge in [-0.05, 0) is 34.4 Å². The number of hydrogen-bond acceptors (Lipinski definition) is 1. The second-order valence-corrected chi connectivity index (χ2v) is 7.41. The first-order valence-electron chi connectivity index (χ1n) is 8.76. The highest BCUT2D eigenvalue weighted by Crippen LogP contribution is 2.29. The van der Waals surface area contributed by atoms with Gasteiger partial charge in [-0.25, -0.2) is 0 Å². The molecule has 0 aliphatic heterocycles. The quantitative estimate of drug-likeness (QED) is 0.428. The van der Waals surface area contributed by atoms with Gasteiger partial charge in [0.15, 0.2) is 0 Å². The van der Waals surface area contributed by atoms with Gasteiger partial charge in [0.05, 0.1) is 6.42 Å². The molecule has 0 aliphatic carbocycles. The van der Waals surface area contributed by atoms with Crippen molar-refractivity contribution in [1.82, 2.24) is 4.98 Å². The van der Waals surface area contributed by atoms with E-state index in [0.29, 0.717) is 6.42 Å². The summed E-state index contributed by atoms with van der Waals surface area (Å²) >= 11 is 3.60. The molecule has 0 saturated carbocycles. The van der Waals surface area contributed by atoms with Crippen LogP contribution < -0.4 is 0 Å². The van der Waals surface area contributed by atoms with E-state index in [4.69, 9.17) is 0 Å². The van der Waals surface area contributed by atoms with Gasteiger partial charge in [0.2, 0.25) is 0 Å². The van der Waals surface area contributed by atoms with Crippen molar-refractivity contribution in [2.75, 3.05) is 0 Å². The van der Waals surface area contributed by atoms with Crippen molar-refractivity contribution in [2.45, 2.75) is 12.8 Å². The van der Waals surface area contributed by atoms with Crippen LogP contribution in [0.2, 0.25) is 0 Å². The highest BCUT2D eigenvalue weighted by atomic mass is 79.9. The van der Waals surface area contributed by atoms with Crippen LogP contribution in [-0.2, 0) is 17.6 Å². The Morgan fingerprint density at radius 3 is 2.37 bits per heavy atom. The molecule has 2 N–H and O–H groups in total. The summed E-state index contributed by atoms with van der Waals surface area (Å²) in [6, 6.07) is 24.4. The normalized spacial score (nSPS) is 11.0. The molecule has 4 rings (SSSR count). The molecule has 0 bridgehead atoms. The van der Waals surface area contributed by atoms with Gasteiger partial charge in [-0.15, -0.1) is 0 Å². The SMILES string of the molecule is O=C(O)Cc1c(Cc2ccc(-c3ccccc3Br)cc2)[nH]c2ccccc12. The number of hydrogen-bond donors (Lipinski definition) is 2. The Morgan fingerprint density at radius 1 is 0.926 bits per heavy atom. The van der Waals surface area contributed by atoms with Crippen molar-refractivity contribution >= 4 is 32.8 Å². The molecule has 134 valence electrons. The van der Waals surface area contributed by atoms with Crippen LogP contribution in [0, 0.1) is 0 Å². The van der Waals surface area contributed by atoms with E-state index in [1.54, 1.807) is 0 Å². The average Bonchev–Trinajstić information content (AvgIpc) is 3.00. The van der Waals surface area contributed by atoms with E-state index in [-0.39, 0.29) is 6.42 Å². The number of nitrogens with one attached hydrogen (secondary N) is 1. The van der Waals surface area contributed by atoms with Crippen LogP contribution in [0.1, 0.15) is 16.8 Å². The summed E-state index contributed by atoms with van der Waals surface area (Å²) in [5.74, 6) is -0.815. The first-order chi connectivity index (χ1) is 13.1. The summed E-state index contributed by atoms with van der Waals surface area (Å²) in [4.78, 5) is 14.7. The van der Waals surface area contributed by atoms with Crippen LogP contribution in [0.3, 0.4) is 0 Å². The highest BCUT2D eigenvalue weighted by molar-refractivity contribution is 9.10. The van der Waals surface area contributed by atoms with Crippen molar-refractivity contribution in [1.29, 1.82) is 0 Å². The van der Waals surface area contributed by atoms with Crippen LogP contribution in [0.4, 0.5) is 0 Å². The monoisotopic (exact) mass is 419 g/mol. The van der Waals surface area contributed by atoms with Crippen LogP contribution in [0.15, 0.2) is 77.3 Å². The van der Waals surface area contributed by atoms with E-state index in [0.717, 1.165) is 43.3 Å². The number of rotatable bonds is 5. The number of fused-ring (bicyclic) bond motifs is 1. The first-order valence-corrected chi connectivity index (χ1v) is 9.55. The summed E-state index contributed by atoms with van der Waals surface area (Å²) in [6.07, 6.45) is 0.696. The van der Waals surface area contributed by atoms with E-state index < -0.39 is 5.97 Å². The third-order valence-electron chi connectivity index (χ3n) is 4.75. The summed E-state index contributed by atoms with van der Waals surface area (Å²) in [5.41, 5.74) is 6.26. The number of aliphatic carboxylic acids is 1. The van der Waals surface area contributed by atoms with Crippen LogP contribution >= 0.6 is 15.9 Å². The molecular weight excluding hydrogens is 402 g/mol. The number of benzene rings is 3. The number of aromatic amines is 1. The molecule has 0 spiro atoms. The van der Waals surface area contributed by atoms with Gasteiger partial charge in [-0.1, -0.05) is 76.6 Å². The molecule has 0 atom stereocenters. The van der Waals surface area contributed by atoms with Gasteiger partial charge in [-0.3, -0.25) is 4.79 Å². The molecule has 3 aromatic carbocycles. The van der Waals surface area contributed by atoms with E-state index in [1.165, 1.54) is 0 Å². The van der Waals surface area contributed by atoms with Crippen molar-refractivity contribution in [3.63, 3.8) is 0 Å². The second kappa shape index (κ2) is 7.41. The zero-order valence-electron chi connectivity index (χ0n) is 14.6. The Morgan fingerprint density at radius 2 is 1.63 bits per heavy atom. The Balaban J connectivity index is 1.66. The molecule has 1 aromatic heterocycles. The lowest BCUT2D eigenvalue weighted by Crippen LogP contribution is -2.03. The van der Waals surface area contributed by atoms with Gasteiger partial charge >= 0.3 is 5.97 Å². The molecule has 0 fully saturated rings. The van der Waals surface area contributed by atoms with Crippen molar-refractivity contribution in [3.05, 3.63) is 94.1 Å². The summed E-state index contributed by atoms with van der Waals surface area (Å²) < 4.78 is 1.07. The molecule has 1 heterocycles. The second-order valence-electron chi connectivity index (χ2n) is 6.55. The largest absolute Gasteiger partial charge is 0.481 e. The molecule has 4 heteroatoms. The van der Waals surface area contributed by atoms with Crippen molar-refractivity contribution < 1.29 is 9.90 Å². The predicted octanol–water partition coefficient (Wildman–Crippen LogP) is 5.82. The van der Waals surface area contributed by atoms with Crippen LogP contribution in [0.25, 0.3) is 22.0 Å². The maximum Gasteiger partial charge on any atom is 0.307 e. The smallest absolute Gasteiger partial charge is 0.307 e. The highest BCUT2D eigenvalue weighted by Gasteiger charge is 2.14. The van der Waals surface area contributed by atoms with Crippen molar-refractivity contribution in [2.24, 2.45) is 0 Å². The Labute approximate surface area is 165 Å². The lowest BCUT2D eigenvalue weighted by atomic mass is 9.99. The zero-order chi connectivity index (χ0) is 18.8. The van der Waals surface area contributed by atoms with Gasteiger partial charge in [0, 0.05) is 27.5 Å². The Kier molecular flexibility index (Phi) is 4.82. The van der Waals surface area contributed by atoms with E-state index in [1.807, 2.05) is 42.5 Å². The van der Waals surface area contributed by atoms with Gasteiger partial charge in [0.25, 0.3) is 0 Å². The lowest BCUT2D eigenvalue weighted by Gasteiger charge is -2.07. The Hall–Kier alpha value is -2.85. The summed E-state index contributed by atoms with van der Waals surface area (Å²) in [6.45, 7) is 0. The fourth-order valence-corrected chi connectivity index (χ4v) is 3.98. The standard InChI is InChI=1S/C23H18BrNO2/c24-20-7-3-1-5-17(20)16-11-9-15(10-12-16)13-22-19(14-23(26)27)18-6-2-4-8-21(18)25-22/h1-12,25H,13-14H2,(H,26,27). The first kappa shape index (κ1) is 17.6. The van der Waals surface area contributed by atoms with E-state index in [9.17, 15) is 9.90 Å². The fourth-order valence-electron chi connectivity index (χ4n) is 3.46. The molecule has 0 unspecified atom stereocenters. The Bertz CT molecular complexity index is 1110. The van der Waals surface area contributed by atoms with E-state index >= 15 is 0 Å². The molecule has 0 amide bonds. The minimum absolute atomic E-state index is 0.0222. The fraction of sp³-hybridized carbons (Fsp3) is 0.0870. The number of halogens is 1. The molecule has 27 heavy (non-hydrogen) atoms. The van der Waals surface area contributed by atoms with E-state index in [2.05, 4.69) is 51.2 Å². The molecule has 0 aliphatic rings. The zero-order valence-corrected chi connectivity index (χ0v) is 16.2. The third kappa shape index (κ3) is 3.67. The van der Waals surface area contributed by atoms with Gasteiger partial charge < -0.3 is 10.1 Å². The number of carbonyl (C=O) groups is 1. The molecule has 0 saturated heterocycles. The van der Waals surface area contributed by atoms with Gasteiger partial charge in [0.1, 0.15) is 0 Å². The minimum atomic E-state index is -0.815. The van der Waals surface area contributed by atoms with Gasteiger partial charge in [-0.2, -0.15) is 0 Å². The molecule has 0 radical (unpaired) electrons. The molecule has 3 nitrogen and oxygen atoms in total. The summed E-state index contributed by atoms with van der Waals surface area (Å²) in [7, 11) is 0. The molecule has 4 aromatic rings. The van der Waals surface area contributed by atoms with Crippen LogP contribution in [-0.4, -0.2) is 16.1 Å². The van der Waals surface area contributed by atoms with Crippen LogP contribution in [0.5, 0.6) is 0 Å². The average molecular weight is 420 g/mol. The lowest BCUT2D eigenvalue weighted by molar-refractivity contribution is -0.136. The molecular formula is C23H18BrNO2. The number of para-hydroxylation sites is 1. The number of aromatic nitrogens is 1. The number of H-pyrrole nitrogens is 1. The predicted molar refractivity (Wildman–Crippen MR) is 112 cm³/mol. The van der Waals surface area contributed by atoms with Crippen molar-refractivity contribution in [3.8, 4) is 11.1 Å². The summed E-state index contributed by atoms with van der Waals surface area (Å²) in [5, 5.41) is 10.3. The number of carboxylic acids is 1. The third-order valence-corrected chi connectivity index (χ3v) is 5.44. The maximum absolute atomic E-state index is 11.3. The topological polar surface area (TPSA) is 53.1 Å².